The van der Waals surface area contributed by atoms with Crippen LogP contribution in [-0.2, 0) is 6.61 Å². The third kappa shape index (κ3) is 5.33. The van der Waals surface area contributed by atoms with E-state index in [0.717, 1.165) is 5.56 Å². The molecule has 0 radical (unpaired) electrons. The van der Waals surface area contributed by atoms with E-state index < -0.39 is 10.9 Å². The molecule has 0 bridgehead atoms. The highest BCUT2D eigenvalue weighted by atomic mass is 16.6. The first-order valence-electron chi connectivity index (χ1n) is 9.17. The molecule has 8 heteroatoms. The zero-order valence-corrected chi connectivity index (χ0v) is 16.2. The summed E-state index contributed by atoms with van der Waals surface area (Å²) in [6, 6.07) is 22.5. The lowest BCUT2D eigenvalue weighted by Gasteiger charge is -2.08. The normalized spacial score (nSPS) is 10.1. The number of fused-ring (bicyclic) bond motifs is 1. The van der Waals surface area contributed by atoms with Crippen LogP contribution in [0.2, 0.25) is 0 Å². The Morgan fingerprint density at radius 3 is 2.39 bits per heavy atom. The molecule has 4 aromatic rings. The molecule has 2 N–H and O–H groups in total. The number of carboxylic acids is 1. The van der Waals surface area contributed by atoms with Gasteiger partial charge in [-0.05, 0) is 29.8 Å². The number of aromatic carboxylic acids is 1. The number of nitrogens with zero attached hydrogens (tertiary/aromatic N) is 2. The molecule has 0 amide bonds. The van der Waals surface area contributed by atoms with Gasteiger partial charge in [-0.3, -0.25) is 15.1 Å². The van der Waals surface area contributed by atoms with Gasteiger partial charge in [0, 0.05) is 17.6 Å². The van der Waals surface area contributed by atoms with Crippen LogP contribution in [0.1, 0.15) is 15.9 Å². The third-order valence-electron chi connectivity index (χ3n) is 4.28. The standard InChI is InChI=1S/C14H12O3.C9H6N2O3/c15-14(16)12-8-4-5-9-13(12)17-10-11-6-2-1-3-7-11;12-9-7(11(13)14)4-3-6-2-1-5-10-8(6)9/h1-9H,10H2,(H,15,16);1-5,12H. The van der Waals surface area contributed by atoms with Gasteiger partial charge >= 0.3 is 11.7 Å². The Morgan fingerprint density at radius 2 is 1.68 bits per heavy atom. The molecule has 0 fully saturated rings. The van der Waals surface area contributed by atoms with Gasteiger partial charge in [-0.15, -0.1) is 0 Å². The van der Waals surface area contributed by atoms with Crippen molar-refractivity contribution < 1.29 is 24.7 Å². The number of nitro benzene ring substituents is 1. The molecule has 4 rings (SSSR count). The van der Waals surface area contributed by atoms with Crippen molar-refractivity contribution in [3.63, 3.8) is 0 Å². The lowest BCUT2D eigenvalue weighted by atomic mass is 10.2. The highest BCUT2D eigenvalue weighted by Crippen LogP contribution is 2.32. The van der Waals surface area contributed by atoms with E-state index in [-0.39, 0.29) is 22.5 Å². The molecule has 0 unspecified atom stereocenters. The Bertz CT molecular complexity index is 1210. The van der Waals surface area contributed by atoms with Crippen LogP contribution >= 0.6 is 0 Å². The van der Waals surface area contributed by atoms with Crippen molar-refractivity contribution in [2.75, 3.05) is 0 Å². The van der Waals surface area contributed by atoms with Gasteiger partial charge in [0.1, 0.15) is 23.4 Å². The molecule has 0 aliphatic rings. The Balaban J connectivity index is 0.000000179. The van der Waals surface area contributed by atoms with E-state index in [1.807, 2.05) is 30.3 Å². The molecular formula is C23H18N2O6. The molecule has 0 spiro atoms. The summed E-state index contributed by atoms with van der Waals surface area (Å²) >= 11 is 0. The Kier molecular flexibility index (Phi) is 6.74. The summed E-state index contributed by atoms with van der Waals surface area (Å²) in [7, 11) is 0. The number of rotatable bonds is 5. The maximum atomic E-state index is 11.0. The SMILES string of the molecule is O=C(O)c1ccccc1OCc1ccccc1.O=[N+]([O-])c1ccc2cccnc2c1O. The van der Waals surface area contributed by atoms with Gasteiger partial charge in [0.25, 0.3) is 0 Å². The van der Waals surface area contributed by atoms with Crippen LogP contribution in [0.5, 0.6) is 11.5 Å². The smallest absolute Gasteiger partial charge is 0.339 e. The fourth-order valence-electron chi connectivity index (χ4n) is 2.77. The van der Waals surface area contributed by atoms with Gasteiger partial charge in [0.2, 0.25) is 5.75 Å². The first kappa shape index (κ1) is 21.3. The van der Waals surface area contributed by atoms with E-state index in [9.17, 15) is 20.0 Å². The van der Waals surface area contributed by atoms with Crippen LogP contribution < -0.4 is 4.74 Å². The number of hydrogen-bond acceptors (Lipinski definition) is 6. The summed E-state index contributed by atoms with van der Waals surface area (Å²) in [4.78, 5) is 24.7. The molecule has 0 aliphatic heterocycles. The minimum atomic E-state index is -0.978. The Morgan fingerprint density at radius 1 is 0.968 bits per heavy atom. The summed E-state index contributed by atoms with van der Waals surface area (Å²) in [5.41, 5.74) is 1.12. The second-order valence-corrected chi connectivity index (χ2v) is 6.34. The van der Waals surface area contributed by atoms with Crippen LogP contribution in [0.25, 0.3) is 10.9 Å². The highest BCUT2D eigenvalue weighted by molar-refractivity contribution is 5.90. The van der Waals surface area contributed by atoms with Crippen molar-refractivity contribution >= 4 is 22.6 Å². The van der Waals surface area contributed by atoms with Crippen LogP contribution in [0.4, 0.5) is 5.69 Å². The number of carbonyl (C=O) groups is 1. The van der Waals surface area contributed by atoms with Crippen molar-refractivity contribution in [2.45, 2.75) is 6.61 Å². The first-order valence-corrected chi connectivity index (χ1v) is 9.17. The second kappa shape index (κ2) is 9.84. The number of nitro groups is 1. The van der Waals surface area contributed by atoms with E-state index in [4.69, 9.17) is 9.84 Å². The van der Waals surface area contributed by atoms with Crippen LogP contribution in [0.3, 0.4) is 0 Å². The number of benzene rings is 3. The van der Waals surface area contributed by atoms with Crippen molar-refractivity contribution in [3.8, 4) is 11.5 Å². The summed E-state index contributed by atoms with van der Waals surface area (Å²) in [5.74, 6) is -0.967. The molecule has 1 heterocycles. The van der Waals surface area contributed by atoms with Crippen molar-refractivity contribution in [2.24, 2.45) is 0 Å². The highest BCUT2D eigenvalue weighted by Gasteiger charge is 2.16. The number of carboxylic acid groups (broad SMARTS) is 1. The molecule has 0 aliphatic carbocycles. The molecule has 0 saturated carbocycles. The Labute approximate surface area is 177 Å². The van der Waals surface area contributed by atoms with Crippen LogP contribution in [0.15, 0.2) is 85.1 Å². The maximum Gasteiger partial charge on any atom is 0.339 e. The molecule has 156 valence electrons. The van der Waals surface area contributed by atoms with E-state index in [1.54, 1.807) is 36.4 Å². The van der Waals surface area contributed by atoms with Gasteiger partial charge in [-0.1, -0.05) is 48.5 Å². The fourth-order valence-corrected chi connectivity index (χ4v) is 2.77. The summed E-state index contributed by atoms with van der Waals surface area (Å²) in [6.07, 6.45) is 1.48. The van der Waals surface area contributed by atoms with Gasteiger partial charge < -0.3 is 14.9 Å². The summed E-state index contributed by atoms with van der Waals surface area (Å²) in [6.45, 7) is 0.366. The number of phenols is 1. The van der Waals surface area contributed by atoms with E-state index in [0.29, 0.717) is 17.7 Å². The number of hydrogen-bond donors (Lipinski definition) is 2. The van der Waals surface area contributed by atoms with Gasteiger partial charge in [-0.25, -0.2) is 4.79 Å². The van der Waals surface area contributed by atoms with Gasteiger partial charge in [0.15, 0.2) is 0 Å². The summed E-state index contributed by atoms with van der Waals surface area (Å²) < 4.78 is 5.50. The molecular weight excluding hydrogens is 400 g/mol. The van der Waals surface area contributed by atoms with E-state index in [2.05, 4.69) is 4.98 Å². The van der Waals surface area contributed by atoms with Crippen LogP contribution in [-0.4, -0.2) is 26.1 Å². The average Bonchev–Trinajstić information content (AvgIpc) is 2.79. The van der Waals surface area contributed by atoms with Gasteiger partial charge in [-0.2, -0.15) is 0 Å². The molecule has 0 saturated heterocycles. The van der Waals surface area contributed by atoms with E-state index in [1.165, 1.54) is 18.3 Å². The number of para-hydroxylation sites is 1. The molecule has 8 nitrogen and oxygen atoms in total. The lowest BCUT2D eigenvalue weighted by molar-refractivity contribution is -0.385. The van der Waals surface area contributed by atoms with Crippen molar-refractivity contribution in [1.29, 1.82) is 0 Å². The number of ether oxygens (including phenoxy) is 1. The molecule has 31 heavy (non-hydrogen) atoms. The predicted molar refractivity (Wildman–Crippen MR) is 114 cm³/mol. The largest absolute Gasteiger partial charge is 0.501 e. The predicted octanol–water partition coefficient (Wildman–Crippen LogP) is 4.81. The number of pyridine rings is 1. The third-order valence-corrected chi connectivity index (χ3v) is 4.28. The minimum Gasteiger partial charge on any atom is -0.501 e. The first-order chi connectivity index (χ1) is 15.0. The van der Waals surface area contributed by atoms with E-state index >= 15 is 0 Å². The fraction of sp³-hybridized carbons (Fsp3) is 0.0435. The molecule has 3 aromatic carbocycles. The van der Waals surface area contributed by atoms with Crippen LogP contribution in [0, 0.1) is 10.1 Å². The van der Waals surface area contributed by atoms with Gasteiger partial charge in [0.05, 0.1) is 4.92 Å². The number of phenolic OH excluding ortho intramolecular Hbond substituents is 1. The topological polar surface area (TPSA) is 123 Å². The minimum absolute atomic E-state index is 0.184. The monoisotopic (exact) mass is 418 g/mol. The Hall–Kier alpha value is -4.46. The average molecular weight is 418 g/mol. The molecule has 0 atom stereocenters. The number of aromatic nitrogens is 1. The lowest BCUT2D eigenvalue weighted by Crippen LogP contribution is -2.02. The maximum absolute atomic E-state index is 11.0. The quantitative estimate of drug-likeness (QED) is 0.352. The zero-order chi connectivity index (χ0) is 22.2. The second-order valence-electron chi connectivity index (χ2n) is 6.34. The van der Waals surface area contributed by atoms with Crippen molar-refractivity contribution in [1.82, 2.24) is 4.98 Å². The zero-order valence-electron chi connectivity index (χ0n) is 16.2. The number of aromatic hydroxyl groups is 1. The molecule has 1 aromatic heterocycles. The summed E-state index contributed by atoms with van der Waals surface area (Å²) in [5, 5.41) is 29.7. The van der Waals surface area contributed by atoms with Crippen molar-refractivity contribution in [3.05, 3.63) is 106 Å².